The summed E-state index contributed by atoms with van der Waals surface area (Å²) in [4.78, 5) is 0.412. The van der Waals surface area contributed by atoms with E-state index in [1.165, 1.54) is 5.56 Å². The molecule has 0 saturated carbocycles. The van der Waals surface area contributed by atoms with E-state index in [0.717, 1.165) is 19.3 Å². The van der Waals surface area contributed by atoms with Crippen LogP contribution in [0.5, 0.6) is 0 Å². The van der Waals surface area contributed by atoms with E-state index in [9.17, 15) is 8.42 Å². The SMILES string of the molecule is CNCC1CCCCN1S(=O)(=O)c1ccc(C(C)C)cc1. The molecule has 0 radical (unpaired) electrons. The molecule has 21 heavy (non-hydrogen) atoms. The molecule has 1 N–H and O–H groups in total. The van der Waals surface area contributed by atoms with Crippen LogP contribution in [0.15, 0.2) is 29.2 Å². The highest BCUT2D eigenvalue weighted by Crippen LogP contribution is 2.26. The molecular weight excluding hydrogens is 284 g/mol. The van der Waals surface area contributed by atoms with Crippen molar-refractivity contribution in [3.8, 4) is 0 Å². The number of hydrogen-bond acceptors (Lipinski definition) is 3. The number of hydrogen-bond donors (Lipinski definition) is 1. The van der Waals surface area contributed by atoms with Gasteiger partial charge < -0.3 is 5.32 Å². The summed E-state index contributed by atoms with van der Waals surface area (Å²) in [5.41, 5.74) is 1.17. The highest BCUT2D eigenvalue weighted by Gasteiger charge is 2.32. The quantitative estimate of drug-likeness (QED) is 0.909. The molecule has 0 aromatic heterocycles. The summed E-state index contributed by atoms with van der Waals surface area (Å²) < 4.78 is 27.4. The summed E-state index contributed by atoms with van der Waals surface area (Å²) in [5.74, 6) is 0.411. The van der Waals surface area contributed by atoms with Crippen LogP contribution >= 0.6 is 0 Å². The molecule has 1 saturated heterocycles. The molecule has 0 amide bonds. The number of rotatable bonds is 5. The van der Waals surface area contributed by atoms with Crippen molar-refractivity contribution in [2.75, 3.05) is 20.1 Å². The van der Waals surface area contributed by atoms with E-state index < -0.39 is 10.0 Å². The molecule has 1 aliphatic rings. The molecule has 1 atom stereocenters. The second kappa shape index (κ2) is 6.90. The van der Waals surface area contributed by atoms with Crippen LogP contribution in [0.2, 0.25) is 0 Å². The van der Waals surface area contributed by atoms with Crippen molar-refractivity contribution in [1.82, 2.24) is 9.62 Å². The van der Waals surface area contributed by atoms with E-state index in [1.54, 1.807) is 16.4 Å². The molecular formula is C16H26N2O2S. The Kier molecular flexibility index (Phi) is 5.41. The molecule has 4 nitrogen and oxygen atoms in total. The summed E-state index contributed by atoms with van der Waals surface area (Å²) >= 11 is 0. The lowest BCUT2D eigenvalue weighted by molar-refractivity contribution is 0.249. The number of nitrogens with zero attached hydrogens (tertiary/aromatic N) is 1. The van der Waals surface area contributed by atoms with Gasteiger partial charge in [-0.3, -0.25) is 0 Å². The topological polar surface area (TPSA) is 49.4 Å². The van der Waals surface area contributed by atoms with Gasteiger partial charge in [-0.1, -0.05) is 32.4 Å². The molecule has 0 aliphatic carbocycles. The summed E-state index contributed by atoms with van der Waals surface area (Å²) in [5, 5.41) is 3.11. The first-order valence-electron chi connectivity index (χ1n) is 7.73. The Balaban J connectivity index is 2.26. The van der Waals surface area contributed by atoms with Crippen LogP contribution < -0.4 is 5.32 Å². The first-order chi connectivity index (χ1) is 9.96. The Bertz CT molecular complexity index is 550. The van der Waals surface area contributed by atoms with E-state index in [0.29, 0.717) is 23.9 Å². The fraction of sp³-hybridized carbons (Fsp3) is 0.625. The molecule has 1 aromatic rings. The van der Waals surface area contributed by atoms with E-state index in [1.807, 2.05) is 19.2 Å². The third-order valence-electron chi connectivity index (χ3n) is 4.17. The summed E-state index contributed by atoms with van der Waals surface area (Å²) in [6.07, 6.45) is 2.98. The number of benzene rings is 1. The highest BCUT2D eigenvalue weighted by atomic mass is 32.2. The van der Waals surface area contributed by atoms with Crippen molar-refractivity contribution in [2.45, 2.75) is 50.0 Å². The maximum absolute atomic E-state index is 12.9. The minimum absolute atomic E-state index is 0.0681. The Morgan fingerprint density at radius 3 is 2.48 bits per heavy atom. The fourth-order valence-corrected chi connectivity index (χ4v) is 4.58. The zero-order valence-corrected chi connectivity index (χ0v) is 14.0. The molecule has 1 aliphatic heterocycles. The predicted molar refractivity (Wildman–Crippen MR) is 86.0 cm³/mol. The van der Waals surface area contributed by atoms with Gasteiger partial charge in [0.1, 0.15) is 0 Å². The fourth-order valence-electron chi connectivity index (χ4n) is 2.89. The van der Waals surface area contributed by atoms with Crippen molar-refractivity contribution < 1.29 is 8.42 Å². The van der Waals surface area contributed by atoms with Crippen LogP contribution in [0.1, 0.15) is 44.6 Å². The lowest BCUT2D eigenvalue weighted by Crippen LogP contribution is -2.47. The van der Waals surface area contributed by atoms with Crippen molar-refractivity contribution in [3.63, 3.8) is 0 Å². The zero-order valence-electron chi connectivity index (χ0n) is 13.2. The molecule has 118 valence electrons. The van der Waals surface area contributed by atoms with Gasteiger partial charge in [0.05, 0.1) is 4.90 Å². The molecule has 1 fully saturated rings. The maximum Gasteiger partial charge on any atom is 0.243 e. The van der Waals surface area contributed by atoms with Crippen LogP contribution in [0, 0.1) is 0 Å². The van der Waals surface area contributed by atoms with Gasteiger partial charge >= 0.3 is 0 Å². The first kappa shape index (κ1) is 16.5. The summed E-state index contributed by atoms with van der Waals surface area (Å²) in [6.45, 7) is 5.55. The summed E-state index contributed by atoms with van der Waals surface area (Å²) in [6, 6.07) is 7.41. The number of piperidine rings is 1. The second-order valence-corrected chi connectivity index (χ2v) is 7.94. The smallest absolute Gasteiger partial charge is 0.243 e. The van der Waals surface area contributed by atoms with Gasteiger partial charge in [-0.25, -0.2) is 8.42 Å². The van der Waals surface area contributed by atoms with Crippen molar-refractivity contribution >= 4 is 10.0 Å². The summed E-state index contributed by atoms with van der Waals surface area (Å²) in [7, 11) is -1.51. The van der Waals surface area contributed by atoms with Gasteiger partial charge in [0, 0.05) is 19.1 Å². The lowest BCUT2D eigenvalue weighted by Gasteiger charge is -2.34. The first-order valence-corrected chi connectivity index (χ1v) is 9.17. The van der Waals surface area contributed by atoms with Crippen molar-refractivity contribution in [1.29, 1.82) is 0 Å². The van der Waals surface area contributed by atoms with Crippen molar-refractivity contribution in [3.05, 3.63) is 29.8 Å². The molecule has 2 rings (SSSR count). The van der Waals surface area contributed by atoms with Gasteiger partial charge in [0.25, 0.3) is 0 Å². The van der Waals surface area contributed by atoms with Crippen LogP contribution in [-0.2, 0) is 10.0 Å². The molecule has 5 heteroatoms. The predicted octanol–water partition coefficient (Wildman–Crippen LogP) is 2.57. The molecule has 1 unspecified atom stereocenters. The van der Waals surface area contributed by atoms with Gasteiger partial charge in [0.15, 0.2) is 0 Å². The Hall–Kier alpha value is -0.910. The van der Waals surface area contributed by atoms with E-state index in [2.05, 4.69) is 19.2 Å². The van der Waals surface area contributed by atoms with Crippen LogP contribution in [0.3, 0.4) is 0 Å². The van der Waals surface area contributed by atoms with Gasteiger partial charge in [-0.2, -0.15) is 4.31 Å². The average molecular weight is 310 g/mol. The third kappa shape index (κ3) is 3.65. The minimum Gasteiger partial charge on any atom is -0.318 e. The van der Waals surface area contributed by atoms with E-state index >= 15 is 0 Å². The Morgan fingerprint density at radius 1 is 1.24 bits per heavy atom. The van der Waals surface area contributed by atoms with Gasteiger partial charge in [-0.05, 0) is 43.5 Å². The largest absolute Gasteiger partial charge is 0.318 e. The molecule has 0 bridgehead atoms. The van der Waals surface area contributed by atoms with Crippen LogP contribution in [0.25, 0.3) is 0 Å². The third-order valence-corrected chi connectivity index (χ3v) is 6.13. The average Bonchev–Trinajstić information content (AvgIpc) is 2.48. The lowest BCUT2D eigenvalue weighted by atomic mass is 10.0. The monoisotopic (exact) mass is 310 g/mol. The standard InChI is InChI=1S/C16H26N2O2S/c1-13(2)14-7-9-16(10-8-14)21(19,20)18-11-5-4-6-15(18)12-17-3/h7-10,13,15,17H,4-6,11-12H2,1-3H3. The zero-order chi connectivity index (χ0) is 15.5. The van der Waals surface area contributed by atoms with E-state index in [4.69, 9.17) is 0 Å². The second-order valence-electron chi connectivity index (χ2n) is 6.05. The Labute approximate surface area is 128 Å². The van der Waals surface area contributed by atoms with Gasteiger partial charge in [-0.15, -0.1) is 0 Å². The van der Waals surface area contributed by atoms with Crippen LogP contribution in [-0.4, -0.2) is 38.9 Å². The molecule has 1 heterocycles. The minimum atomic E-state index is -3.38. The van der Waals surface area contributed by atoms with Crippen molar-refractivity contribution in [2.24, 2.45) is 0 Å². The highest BCUT2D eigenvalue weighted by molar-refractivity contribution is 7.89. The number of nitrogens with one attached hydrogen (secondary N) is 1. The van der Waals surface area contributed by atoms with Gasteiger partial charge in [0.2, 0.25) is 10.0 Å². The number of likely N-dealkylation sites (N-methyl/N-ethyl adjacent to an activating group) is 1. The molecule has 1 aromatic carbocycles. The van der Waals surface area contributed by atoms with E-state index in [-0.39, 0.29) is 6.04 Å². The maximum atomic E-state index is 12.9. The number of sulfonamides is 1. The van der Waals surface area contributed by atoms with Crippen LogP contribution in [0.4, 0.5) is 0 Å². The normalized spacial score (nSPS) is 20.9. The Morgan fingerprint density at radius 2 is 1.90 bits per heavy atom. The molecule has 0 spiro atoms.